The SMILES string of the molecule is CC(C1CC1)N(C)C(=O)CC1COCCN1. The number of nitrogens with one attached hydrogen (secondary N) is 1. The maximum Gasteiger partial charge on any atom is 0.224 e. The summed E-state index contributed by atoms with van der Waals surface area (Å²) in [7, 11) is 1.93. The molecule has 1 heterocycles. The van der Waals surface area contributed by atoms with E-state index in [1.807, 2.05) is 11.9 Å². The highest BCUT2D eigenvalue weighted by Gasteiger charge is 2.33. The molecule has 0 aromatic carbocycles. The van der Waals surface area contributed by atoms with Crippen molar-refractivity contribution < 1.29 is 9.53 Å². The monoisotopic (exact) mass is 226 g/mol. The van der Waals surface area contributed by atoms with Crippen LogP contribution in [0.4, 0.5) is 0 Å². The molecule has 1 saturated carbocycles. The zero-order chi connectivity index (χ0) is 11.5. The van der Waals surface area contributed by atoms with E-state index in [9.17, 15) is 4.79 Å². The fraction of sp³-hybridized carbons (Fsp3) is 0.917. The van der Waals surface area contributed by atoms with Gasteiger partial charge in [0.25, 0.3) is 0 Å². The van der Waals surface area contributed by atoms with Gasteiger partial charge in [0.05, 0.1) is 13.2 Å². The van der Waals surface area contributed by atoms with Gasteiger partial charge in [-0.3, -0.25) is 4.79 Å². The van der Waals surface area contributed by atoms with E-state index < -0.39 is 0 Å². The Balaban J connectivity index is 1.76. The second kappa shape index (κ2) is 5.15. The molecule has 2 fully saturated rings. The molecule has 0 bridgehead atoms. The normalized spacial score (nSPS) is 27.5. The van der Waals surface area contributed by atoms with Crippen LogP contribution in [-0.4, -0.2) is 49.7 Å². The summed E-state index contributed by atoms with van der Waals surface area (Å²) < 4.78 is 5.35. The molecule has 2 rings (SSSR count). The summed E-state index contributed by atoms with van der Waals surface area (Å²) in [6.07, 6.45) is 3.13. The quantitative estimate of drug-likeness (QED) is 0.764. The van der Waals surface area contributed by atoms with Crippen LogP contribution in [0.25, 0.3) is 0 Å². The van der Waals surface area contributed by atoms with Gasteiger partial charge in [0.15, 0.2) is 0 Å². The third kappa shape index (κ3) is 2.95. The first-order valence-electron chi connectivity index (χ1n) is 6.25. The van der Waals surface area contributed by atoms with Gasteiger partial charge in [-0.1, -0.05) is 0 Å². The van der Waals surface area contributed by atoms with Gasteiger partial charge < -0.3 is 15.0 Å². The highest BCUT2D eigenvalue weighted by Crippen LogP contribution is 2.34. The lowest BCUT2D eigenvalue weighted by molar-refractivity contribution is -0.133. The molecule has 4 nitrogen and oxygen atoms in total. The van der Waals surface area contributed by atoms with Gasteiger partial charge in [-0.15, -0.1) is 0 Å². The smallest absolute Gasteiger partial charge is 0.224 e. The molecule has 1 saturated heterocycles. The first-order chi connectivity index (χ1) is 7.68. The van der Waals surface area contributed by atoms with Crippen LogP contribution in [0.1, 0.15) is 26.2 Å². The third-order valence-electron chi connectivity index (χ3n) is 3.73. The first-order valence-corrected chi connectivity index (χ1v) is 6.25. The number of amides is 1. The lowest BCUT2D eigenvalue weighted by atomic mass is 10.1. The van der Waals surface area contributed by atoms with Crippen molar-refractivity contribution in [1.29, 1.82) is 0 Å². The zero-order valence-corrected chi connectivity index (χ0v) is 10.2. The second-order valence-corrected chi connectivity index (χ2v) is 5.01. The van der Waals surface area contributed by atoms with Crippen molar-refractivity contribution in [2.24, 2.45) is 5.92 Å². The number of rotatable bonds is 4. The number of morpholine rings is 1. The van der Waals surface area contributed by atoms with Gasteiger partial charge in [0, 0.05) is 32.1 Å². The fourth-order valence-corrected chi connectivity index (χ4v) is 2.23. The average Bonchev–Trinajstić information content (AvgIpc) is 3.12. The highest BCUT2D eigenvalue weighted by atomic mass is 16.5. The molecule has 1 aliphatic heterocycles. The first kappa shape index (κ1) is 11.9. The lowest BCUT2D eigenvalue weighted by Gasteiger charge is -2.29. The van der Waals surface area contributed by atoms with Crippen molar-refractivity contribution in [3.8, 4) is 0 Å². The van der Waals surface area contributed by atoms with Gasteiger partial charge in [-0.25, -0.2) is 0 Å². The van der Waals surface area contributed by atoms with Crippen LogP contribution in [-0.2, 0) is 9.53 Å². The van der Waals surface area contributed by atoms with Crippen LogP contribution < -0.4 is 5.32 Å². The Hall–Kier alpha value is -0.610. The molecule has 1 amide bonds. The number of hydrogen-bond donors (Lipinski definition) is 1. The molecule has 16 heavy (non-hydrogen) atoms. The summed E-state index contributed by atoms with van der Waals surface area (Å²) in [5.41, 5.74) is 0. The van der Waals surface area contributed by atoms with E-state index >= 15 is 0 Å². The molecule has 0 spiro atoms. The van der Waals surface area contributed by atoms with E-state index in [2.05, 4.69) is 12.2 Å². The van der Waals surface area contributed by atoms with E-state index in [-0.39, 0.29) is 11.9 Å². The predicted molar refractivity (Wildman–Crippen MR) is 62.2 cm³/mol. The Morgan fingerprint density at radius 2 is 2.31 bits per heavy atom. The zero-order valence-electron chi connectivity index (χ0n) is 10.2. The molecular weight excluding hydrogens is 204 g/mol. The van der Waals surface area contributed by atoms with Crippen LogP contribution in [0.3, 0.4) is 0 Å². The van der Waals surface area contributed by atoms with E-state index in [4.69, 9.17) is 4.74 Å². The Bertz CT molecular complexity index is 247. The van der Waals surface area contributed by atoms with Gasteiger partial charge in [0.2, 0.25) is 5.91 Å². The van der Waals surface area contributed by atoms with Crippen molar-refractivity contribution in [1.82, 2.24) is 10.2 Å². The Labute approximate surface area is 97.3 Å². The Morgan fingerprint density at radius 3 is 2.88 bits per heavy atom. The number of ether oxygens (including phenoxy) is 1. The minimum Gasteiger partial charge on any atom is -0.378 e. The van der Waals surface area contributed by atoms with Gasteiger partial charge in [0.1, 0.15) is 0 Å². The summed E-state index contributed by atoms with van der Waals surface area (Å²) in [6.45, 7) is 4.44. The highest BCUT2D eigenvalue weighted by molar-refractivity contribution is 5.77. The van der Waals surface area contributed by atoms with Crippen molar-refractivity contribution >= 4 is 5.91 Å². The molecule has 2 aliphatic rings. The minimum atomic E-state index is 0.204. The van der Waals surface area contributed by atoms with E-state index in [1.165, 1.54) is 12.8 Å². The number of carbonyl (C=O) groups is 1. The van der Waals surface area contributed by atoms with Crippen molar-refractivity contribution in [3.05, 3.63) is 0 Å². The molecule has 2 unspecified atom stereocenters. The number of nitrogens with zero attached hydrogens (tertiary/aromatic N) is 1. The van der Waals surface area contributed by atoms with Crippen LogP contribution >= 0.6 is 0 Å². The molecule has 0 aromatic heterocycles. The van der Waals surface area contributed by atoms with Gasteiger partial charge in [-0.05, 0) is 25.7 Å². The molecule has 92 valence electrons. The van der Waals surface area contributed by atoms with E-state index in [1.54, 1.807) is 0 Å². The van der Waals surface area contributed by atoms with Crippen LogP contribution in [0.5, 0.6) is 0 Å². The standard InChI is InChI=1S/C12H22N2O2/c1-9(10-3-4-10)14(2)12(15)7-11-8-16-6-5-13-11/h9-11,13H,3-8H2,1-2H3. The maximum absolute atomic E-state index is 12.0. The van der Waals surface area contributed by atoms with Crippen LogP contribution in [0.2, 0.25) is 0 Å². The third-order valence-corrected chi connectivity index (χ3v) is 3.73. The number of hydrogen-bond acceptors (Lipinski definition) is 3. The molecular formula is C12H22N2O2. The summed E-state index contributed by atoms with van der Waals surface area (Å²) in [4.78, 5) is 13.9. The molecule has 4 heteroatoms. The van der Waals surface area contributed by atoms with Gasteiger partial charge in [-0.2, -0.15) is 0 Å². The average molecular weight is 226 g/mol. The molecule has 2 atom stereocenters. The topological polar surface area (TPSA) is 41.6 Å². The summed E-state index contributed by atoms with van der Waals surface area (Å²) >= 11 is 0. The van der Waals surface area contributed by atoms with Crippen molar-refractivity contribution in [3.63, 3.8) is 0 Å². The van der Waals surface area contributed by atoms with Crippen molar-refractivity contribution in [2.75, 3.05) is 26.8 Å². The molecule has 0 radical (unpaired) electrons. The fourth-order valence-electron chi connectivity index (χ4n) is 2.23. The summed E-state index contributed by atoms with van der Waals surface area (Å²) in [5.74, 6) is 0.979. The Morgan fingerprint density at radius 1 is 1.56 bits per heavy atom. The van der Waals surface area contributed by atoms with Crippen LogP contribution in [0, 0.1) is 5.92 Å². The summed E-state index contributed by atoms with van der Waals surface area (Å²) in [6, 6.07) is 0.604. The van der Waals surface area contributed by atoms with E-state index in [0.717, 1.165) is 19.1 Å². The Kier molecular flexibility index (Phi) is 3.82. The molecule has 1 N–H and O–H groups in total. The van der Waals surface area contributed by atoms with Crippen LogP contribution in [0.15, 0.2) is 0 Å². The van der Waals surface area contributed by atoms with E-state index in [0.29, 0.717) is 19.1 Å². The number of carbonyl (C=O) groups excluding carboxylic acids is 1. The van der Waals surface area contributed by atoms with Gasteiger partial charge >= 0.3 is 0 Å². The minimum absolute atomic E-state index is 0.204. The largest absolute Gasteiger partial charge is 0.378 e. The molecule has 1 aliphatic carbocycles. The second-order valence-electron chi connectivity index (χ2n) is 5.01. The maximum atomic E-state index is 12.0. The van der Waals surface area contributed by atoms with Crippen molar-refractivity contribution in [2.45, 2.75) is 38.3 Å². The molecule has 0 aromatic rings. The summed E-state index contributed by atoms with van der Waals surface area (Å²) in [5, 5.41) is 3.32. The lowest BCUT2D eigenvalue weighted by Crippen LogP contribution is -2.46. The predicted octanol–water partition coefficient (Wildman–Crippen LogP) is 0.622.